The average molecular weight is 377 g/mol. The second-order valence-electron chi connectivity index (χ2n) is 6.53. The summed E-state index contributed by atoms with van der Waals surface area (Å²) in [6.45, 7) is 4.54. The lowest BCUT2D eigenvalue weighted by atomic mass is 10.1. The molecule has 7 heteroatoms. The van der Waals surface area contributed by atoms with Crippen molar-refractivity contribution in [3.63, 3.8) is 0 Å². The molecule has 0 saturated carbocycles. The molecule has 0 spiro atoms. The number of rotatable bonds is 4. The van der Waals surface area contributed by atoms with Crippen LogP contribution in [0.1, 0.15) is 27.2 Å². The summed E-state index contributed by atoms with van der Waals surface area (Å²) >= 11 is 1.52. The molecule has 3 heterocycles. The smallest absolute Gasteiger partial charge is 0.278 e. The molecule has 0 fully saturated rings. The zero-order valence-electron chi connectivity index (χ0n) is 15.4. The predicted octanol–water partition coefficient (Wildman–Crippen LogP) is 3.89. The number of aromatic nitrogens is 4. The fourth-order valence-corrected chi connectivity index (χ4v) is 3.89. The van der Waals surface area contributed by atoms with Gasteiger partial charge in [-0.25, -0.2) is 4.98 Å². The molecule has 27 heavy (non-hydrogen) atoms. The molecule has 1 aromatic carbocycles. The Kier molecular flexibility index (Phi) is 4.45. The maximum Gasteiger partial charge on any atom is 0.280 e. The van der Waals surface area contributed by atoms with E-state index in [1.165, 1.54) is 22.5 Å². The van der Waals surface area contributed by atoms with Gasteiger partial charge in [0.15, 0.2) is 10.8 Å². The molecule has 0 saturated heterocycles. The number of fused-ring (bicyclic) bond motifs is 1. The monoisotopic (exact) mass is 377 g/mol. The largest absolute Gasteiger partial charge is 0.280 e. The molecule has 3 aromatic heterocycles. The number of nitrogens with zero attached hydrogens (tertiary/aromatic N) is 5. The normalized spacial score (nSPS) is 11.1. The van der Waals surface area contributed by atoms with E-state index in [1.807, 2.05) is 12.1 Å². The van der Waals surface area contributed by atoms with E-state index in [1.54, 1.807) is 41.3 Å². The highest BCUT2D eigenvalue weighted by Crippen LogP contribution is 2.32. The van der Waals surface area contributed by atoms with E-state index in [9.17, 15) is 4.79 Å². The molecule has 0 aliphatic rings. The van der Waals surface area contributed by atoms with Gasteiger partial charge in [0.25, 0.3) is 5.91 Å². The van der Waals surface area contributed by atoms with Gasteiger partial charge >= 0.3 is 0 Å². The molecule has 136 valence electrons. The first-order valence-corrected chi connectivity index (χ1v) is 9.41. The molecule has 0 aliphatic heterocycles. The molecule has 0 N–H and O–H groups in total. The minimum Gasteiger partial charge on any atom is -0.278 e. The molecule has 1 amide bonds. The fourth-order valence-electron chi connectivity index (χ4n) is 2.85. The van der Waals surface area contributed by atoms with Crippen molar-refractivity contribution in [3.05, 3.63) is 71.3 Å². The zero-order chi connectivity index (χ0) is 19.0. The Morgan fingerprint density at radius 3 is 2.74 bits per heavy atom. The van der Waals surface area contributed by atoms with Crippen LogP contribution in [0.4, 0.5) is 5.13 Å². The van der Waals surface area contributed by atoms with Gasteiger partial charge in [-0.15, -0.1) is 0 Å². The third-order valence-corrected chi connectivity index (χ3v) is 5.51. The molecule has 0 atom stereocenters. The van der Waals surface area contributed by atoms with Crippen molar-refractivity contribution < 1.29 is 4.79 Å². The van der Waals surface area contributed by atoms with Crippen molar-refractivity contribution in [1.82, 2.24) is 19.7 Å². The zero-order valence-corrected chi connectivity index (χ0v) is 16.2. The summed E-state index contributed by atoms with van der Waals surface area (Å²) in [5.41, 5.74) is 4.64. The van der Waals surface area contributed by atoms with Crippen LogP contribution >= 0.6 is 11.3 Å². The first kappa shape index (κ1) is 17.4. The number of thiazole rings is 1. The Labute approximate surface area is 161 Å². The Hall–Kier alpha value is -3.06. The minimum atomic E-state index is -0.174. The van der Waals surface area contributed by atoms with Crippen LogP contribution in [0.25, 0.3) is 10.2 Å². The highest BCUT2D eigenvalue weighted by Gasteiger charge is 2.23. The number of benzene rings is 1. The van der Waals surface area contributed by atoms with Gasteiger partial charge in [-0.2, -0.15) is 5.10 Å². The van der Waals surface area contributed by atoms with E-state index in [-0.39, 0.29) is 5.91 Å². The number of amides is 1. The van der Waals surface area contributed by atoms with Crippen molar-refractivity contribution in [3.8, 4) is 0 Å². The summed E-state index contributed by atoms with van der Waals surface area (Å²) in [7, 11) is 1.80. The fraction of sp³-hybridized carbons (Fsp3) is 0.200. The maximum atomic E-state index is 13.2. The molecule has 4 aromatic rings. The van der Waals surface area contributed by atoms with E-state index in [4.69, 9.17) is 4.98 Å². The summed E-state index contributed by atoms with van der Waals surface area (Å²) < 4.78 is 2.69. The summed E-state index contributed by atoms with van der Waals surface area (Å²) in [4.78, 5) is 23.7. The van der Waals surface area contributed by atoms with Crippen LogP contribution in [-0.4, -0.2) is 25.7 Å². The van der Waals surface area contributed by atoms with Crippen molar-refractivity contribution in [2.75, 3.05) is 4.90 Å². The summed E-state index contributed by atoms with van der Waals surface area (Å²) in [6, 6.07) is 9.73. The van der Waals surface area contributed by atoms with Crippen LogP contribution in [0.3, 0.4) is 0 Å². The molecule has 6 nitrogen and oxygen atoms in total. The van der Waals surface area contributed by atoms with Crippen LogP contribution in [0, 0.1) is 13.8 Å². The van der Waals surface area contributed by atoms with Crippen LogP contribution in [-0.2, 0) is 13.6 Å². The highest BCUT2D eigenvalue weighted by molar-refractivity contribution is 7.22. The number of carbonyl (C=O) groups excluding carboxylic acids is 1. The highest BCUT2D eigenvalue weighted by atomic mass is 32.1. The third-order valence-electron chi connectivity index (χ3n) is 4.46. The topological polar surface area (TPSA) is 63.9 Å². The first-order valence-electron chi connectivity index (χ1n) is 8.59. The molecule has 4 rings (SSSR count). The SMILES string of the molecule is Cc1cc2nc(N(Cc3cccnc3)C(=O)c3ccn(C)n3)sc2cc1C. The van der Waals surface area contributed by atoms with Crippen LogP contribution in [0.2, 0.25) is 0 Å². The van der Waals surface area contributed by atoms with Crippen molar-refractivity contribution >= 4 is 32.6 Å². The standard InChI is InChI=1S/C20H19N5OS/c1-13-9-17-18(10-14(13)2)27-20(22-17)25(12-15-5-4-7-21-11-15)19(26)16-6-8-24(3)23-16/h4-11H,12H2,1-3H3. The van der Waals surface area contributed by atoms with E-state index >= 15 is 0 Å². The summed E-state index contributed by atoms with van der Waals surface area (Å²) in [5.74, 6) is -0.174. The van der Waals surface area contributed by atoms with Gasteiger partial charge in [-0.3, -0.25) is 19.4 Å². The quantitative estimate of drug-likeness (QED) is 0.541. The number of carbonyl (C=O) groups is 1. The Bertz CT molecular complexity index is 1080. The molecule has 0 aliphatic carbocycles. The number of anilines is 1. The van der Waals surface area contributed by atoms with E-state index in [0.717, 1.165) is 15.8 Å². The Morgan fingerprint density at radius 1 is 1.22 bits per heavy atom. The van der Waals surface area contributed by atoms with Gasteiger partial charge in [0, 0.05) is 25.6 Å². The average Bonchev–Trinajstić information content (AvgIpc) is 3.26. The second-order valence-corrected chi connectivity index (χ2v) is 7.54. The van der Waals surface area contributed by atoms with Gasteiger partial charge in [-0.1, -0.05) is 17.4 Å². The molecular formula is C20H19N5OS. The van der Waals surface area contributed by atoms with Gasteiger partial charge in [0.2, 0.25) is 0 Å². The number of aryl methyl sites for hydroxylation is 3. The van der Waals surface area contributed by atoms with Gasteiger partial charge in [0.05, 0.1) is 16.8 Å². The molecule has 0 unspecified atom stereocenters. The maximum absolute atomic E-state index is 13.2. The van der Waals surface area contributed by atoms with Gasteiger partial charge in [0.1, 0.15) is 0 Å². The van der Waals surface area contributed by atoms with Crippen molar-refractivity contribution in [2.24, 2.45) is 7.05 Å². The number of hydrogen-bond acceptors (Lipinski definition) is 5. The van der Waals surface area contributed by atoms with Crippen molar-refractivity contribution in [1.29, 1.82) is 0 Å². The van der Waals surface area contributed by atoms with Crippen molar-refractivity contribution in [2.45, 2.75) is 20.4 Å². The Balaban J connectivity index is 1.78. The summed E-state index contributed by atoms with van der Waals surface area (Å²) in [5, 5.41) is 4.93. The van der Waals surface area contributed by atoms with E-state index in [2.05, 4.69) is 36.1 Å². The van der Waals surface area contributed by atoms with Crippen LogP contribution in [0.15, 0.2) is 48.9 Å². The second kappa shape index (κ2) is 6.92. The van der Waals surface area contributed by atoms with Crippen LogP contribution in [0.5, 0.6) is 0 Å². The predicted molar refractivity (Wildman–Crippen MR) is 107 cm³/mol. The molecule has 0 bridgehead atoms. The lowest BCUT2D eigenvalue weighted by Crippen LogP contribution is -2.30. The van der Waals surface area contributed by atoms with Crippen LogP contribution < -0.4 is 4.90 Å². The lowest BCUT2D eigenvalue weighted by molar-refractivity contribution is 0.0979. The van der Waals surface area contributed by atoms with E-state index in [0.29, 0.717) is 17.4 Å². The molecular weight excluding hydrogens is 358 g/mol. The number of pyridine rings is 1. The molecule has 0 radical (unpaired) electrons. The van der Waals surface area contributed by atoms with Gasteiger partial charge < -0.3 is 0 Å². The lowest BCUT2D eigenvalue weighted by Gasteiger charge is -2.18. The Morgan fingerprint density at radius 2 is 2.04 bits per heavy atom. The number of hydrogen-bond donors (Lipinski definition) is 0. The van der Waals surface area contributed by atoms with E-state index < -0.39 is 0 Å². The minimum absolute atomic E-state index is 0.174. The van der Waals surface area contributed by atoms with Gasteiger partial charge in [-0.05, 0) is 54.8 Å². The first-order chi connectivity index (χ1) is 13.0. The third kappa shape index (κ3) is 3.46. The summed E-state index contributed by atoms with van der Waals surface area (Å²) in [6.07, 6.45) is 5.25.